The van der Waals surface area contributed by atoms with Gasteiger partial charge in [0.2, 0.25) is 88.6 Å². The minimum absolute atomic E-state index is 0.0268. The van der Waals surface area contributed by atoms with Crippen LogP contribution in [-0.2, 0) is 102 Å². The van der Waals surface area contributed by atoms with Gasteiger partial charge in [0, 0.05) is 38.8 Å². The number of aliphatic carboxylic acids is 3. The van der Waals surface area contributed by atoms with Gasteiger partial charge in [-0.3, -0.25) is 81.5 Å². The molecule has 0 aromatic heterocycles. The summed E-state index contributed by atoms with van der Waals surface area (Å²) in [6.45, 7) is 0.494. The number of hydrogen-bond acceptors (Lipinski definition) is 27. The van der Waals surface area contributed by atoms with Crippen LogP contribution < -0.4 is 92.1 Å². The van der Waals surface area contributed by atoms with Crippen molar-refractivity contribution in [1.29, 1.82) is 0 Å². The summed E-state index contributed by atoms with van der Waals surface area (Å²) in [5, 5.41) is 99.3. The smallest absolute Gasteiger partial charge is 0.328 e. The topological polar surface area (TPSA) is 731 Å². The number of aliphatic hydroxyl groups is 4. The van der Waals surface area contributed by atoms with E-state index in [9.17, 15) is 126 Å². The van der Waals surface area contributed by atoms with E-state index in [0.717, 1.165) is 11.8 Å². The molecule has 2 heterocycles. The molecule has 2 aliphatic heterocycles. The Kier molecular flexibility index (Phi) is 43.9. The average molecular weight is 1660 g/mol. The first-order chi connectivity index (χ1) is 54.8. The van der Waals surface area contributed by atoms with Gasteiger partial charge in [0.15, 0.2) is 18.5 Å². The third-order valence-corrected chi connectivity index (χ3v) is 18.6. The first-order valence-corrected chi connectivity index (χ1v) is 37.6. The maximum atomic E-state index is 14.7. The van der Waals surface area contributed by atoms with Gasteiger partial charge >= 0.3 is 17.9 Å². The standard InChI is InChI=1S/C70H111FN18O27/c1-5-34(2)56(87-48(93)28-74)68(112)80-35(3)60(104)76-29-51(96)83-44(26-37-12-7-6-8-13-37)66(110)85-40(17-16-38(27-73)115-70-59(103)58(102)55(71)46(33-90)116-70)62(106)78-31-49(94)81-42(19-22-53(98)99)64(108)84-41(18-21-47(75)92)63(107)79-32-52(97)89-25-11-15-45(89)67(111)86-39(14-9-10-24-72)61(105)77-30-50(95)82-43(20-23-54(100)101)65(109)88-57(36(4)91)69(113)114/h6-8,12-13,34-36,38-46,55-59,70,90-91,102-103H,5,9-11,14-33,72-74H2,1-4H3,(H2,75,92)(H,76,104)(H,77,105)(H,78,106)(H,79,107)(H,80,112)(H,81,94)(H,82,95)(H,83,96)(H,84,108)(H,85,110)(H,86,111)(H,87,93)(H,88,109)(H,98,99)(H,100,101)(H,113,114)/t34-,35-,36+,38?,39-,40-,41-,42-,43-,44-,45-,46+,55-,56-,57-,58-,59+,70+/m0/s1. The van der Waals surface area contributed by atoms with Crippen molar-refractivity contribution in [2.75, 3.05) is 59.0 Å². The summed E-state index contributed by atoms with van der Waals surface area (Å²) in [4.78, 5) is 238. The number of ether oxygens (including phenoxy) is 2. The molecule has 1 aromatic carbocycles. The lowest BCUT2D eigenvalue weighted by Crippen LogP contribution is -2.59. The summed E-state index contributed by atoms with van der Waals surface area (Å²) in [5.41, 5.74) is 22.9. The normalized spacial score (nSPS) is 19.5. The molecule has 3 rings (SSSR count). The lowest BCUT2D eigenvalue weighted by Gasteiger charge is -2.39. The predicted octanol–water partition coefficient (Wildman–Crippen LogP) is -10.4. The number of nitrogens with one attached hydrogen (secondary N) is 13. The highest BCUT2D eigenvalue weighted by molar-refractivity contribution is 5.99. The maximum Gasteiger partial charge on any atom is 0.328 e. The Hall–Kier alpha value is -10.7. The number of carbonyl (C=O) groups is 18. The molecule has 28 N–H and O–H groups in total. The molecular formula is C70H111FN18O27. The number of hydrogen-bond donors (Lipinski definition) is 24. The van der Waals surface area contributed by atoms with Crippen molar-refractivity contribution in [3.8, 4) is 0 Å². The van der Waals surface area contributed by atoms with Crippen molar-refractivity contribution in [2.24, 2.45) is 28.9 Å². The Labute approximate surface area is 665 Å². The fourth-order valence-corrected chi connectivity index (χ4v) is 11.8. The molecule has 116 heavy (non-hydrogen) atoms. The number of amides is 15. The molecule has 0 aliphatic carbocycles. The number of nitrogens with two attached hydrogens (primary N) is 4. The number of benzene rings is 1. The largest absolute Gasteiger partial charge is 0.481 e. The van der Waals surface area contributed by atoms with Crippen molar-refractivity contribution in [3.63, 3.8) is 0 Å². The van der Waals surface area contributed by atoms with Crippen LogP contribution in [0.5, 0.6) is 0 Å². The highest BCUT2D eigenvalue weighted by atomic mass is 19.1. The zero-order valence-corrected chi connectivity index (χ0v) is 64.7. The second-order valence-corrected chi connectivity index (χ2v) is 27.7. The van der Waals surface area contributed by atoms with E-state index in [1.165, 1.54) is 6.92 Å². The van der Waals surface area contributed by atoms with Crippen molar-refractivity contribution < 1.29 is 136 Å². The van der Waals surface area contributed by atoms with Crippen molar-refractivity contribution >= 4 is 107 Å². The van der Waals surface area contributed by atoms with E-state index >= 15 is 0 Å². The molecule has 0 radical (unpaired) electrons. The minimum atomic E-state index is -2.26. The number of likely N-dealkylation sites (tertiary alicyclic amines) is 1. The molecule has 2 saturated heterocycles. The van der Waals surface area contributed by atoms with E-state index in [-0.39, 0.29) is 51.6 Å². The molecule has 1 unspecified atom stereocenters. The number of rotatable bonds is 53. The van der Waals surface area contributed by atoms with E-state index in [0.29, 0.717) is 18.4 Å². The number of halogens is 1. The quantitative estimate of drug-likeness (QED) is 0.0269. The Balaban J connectivity index is 1.85. The molecule has 45 nitrogen and oxygen atoms in total. The number of carboxylic acid groups (broad SMARTS) is 3. The zero-order valence-electron chi connectivity index (χ0n) is 64.7. The van der Waals surface area contributed by atoms with Gasteiger partial charge in [0.1, 0.15) is 72.7 Å². The Morgan fingerprint density at radius 1 is 0.560 bits per heavy atom. The van der Waals surface area contributed by atoms with Crippen LogP contribution in [0.4, 0.5) is 4.39 Å². The zero-order chi connectivity index (χ0) is 87.1. The lowest BCUT2D eigenvalue weighted by molar-refractivity contribution is -0.301. The van der Waals surface area contributed by atoms with E-state index < -0.39 is 307 Å². The van der Waals surface area contributed by atoms with Crippen LogP contribution in [0.15, 0.2) is 30.3 Å². The maximum absolute atomic E-state index is 14.7. The number of primary amides is 1. The van der Waals surface area contributed by atoms with Crippen LogP contribution >= 0.6 is 0 Å². The summed E-state index contributed by atoms with van der Waals surface area (Å²) < 4.78 is 25.8. The molecular weight excluding hydrogens is 1540 g/mol. The third kappa shape index (κ3) is 34.8. The number of unbranched alkanes of at least 4 members (excludes halogenated alkanes) is 1. The molecule has 15 amide bonds. The van der Waals surface area contributed by atoms with Gasteiger partial charge in [0.05, 0.1) is 51.5 Å². The fraction of sp³-hybridized carbons (Fsp3) is 0.657. The number of carboxylic acids is 3. The Morgan fingerprint density at radius 3 is 1.56 bits per heavy atom. The van der Waals surface area contributed by atoms with E-state index in [1.807, 2.05) is 5.32 Å². The summed E-state index contributed by atoms with van der Waals surface area (Å²) in [6.07, 6.45) is -16.6. The molecule has 2 aliphatic rings. The van der Waals surface area contributed by atoms with Crippen LogP contribution in [-0.4, -0.2) is 310 Å². The van der Waals surface area contributed by atoms with Crippen molar-refractivity contribution in [2.45, 2.75) is 227 Å². The second kappa shape index (κ2) is 51.3. The number of carbonyl (C=O) groups excluding carboxylic acids is 15. The first kappa shape index (κ1) is 99.4. The number of alkyl halides is 1. The van der Waals surface area contributed by atoms with Gasteiger partial charge in [-0.25, -0.2) is 9.18 Å². The van der Waals surface area contributed by atoms with Crippen molar-refractivity contribution in [3.05, 3.63) is 35.9 Å². The number of nitrogens with zero attached hydrogens (tertiary/aromatic N) is 1. The highest BCUT2D eigenvalue weighted by Gasteiger charge is 2.47. The van der Waals surface area contributed by atoms with E-state index in [2.05, 4.69) is 63.8 Å². The molecule has 650 valence electrons. The lowest BCUT2D eigenvalue weighted by atomic mass is 9.98. The van der Waals surface area contributed by atoms with Gasteiger partial charge < -0.3 is 142 Å². The monoisotopic (exact) mass is 1650 g/mol. The summed E-state index contributed by atoms with van der Waals surface area (Å²) in [6, 6.07) is -7.46. The van der Waals surface area contributed by atoms with Crippen LogP contribution in [0, 0.1) is 5.92 Å². The second-order valence-electron chi connectivity index (χ2n) is 27.7. The molecule has 0 saturated carbocycles. The first-order valence-electron chi connectivity index (χ1n) is 37.6. The van der Waals surface area contributed by atoms with Crippen LogP contribution in [0.2, 0.25) is 0 Å². The van der Waals surface area contributed by atoms with Gasteiger partial charge in [-0.1, -0.05) is 50.6 Å². The van der Waals surface area contributed by atoms with Gasteiger partial charge in [-0.2, -0.15) is 0 Å². The molecule has 0 bridgehead atoms. The van der Waals surface area contributed by atoms with Gasteiger partial charge in [-0.15, -0.1) is 0 Å². The minimum Gasteiger partial charge on any atom is -0.481 e. The molecule has 2 fully saturated rings. The van der Waals surface area contributed by atoms with Crippen LogP contribution in [0.3, 0.4) is 0 Å². The van der Waals surface area contributed by atoms with Crippen molar-refractivity contribution in [1.82, 2.24) is 74.0 Å². The third-order valence-electron chi connectivity index (χ3n) is 18.6. The fourth-order valence-electron chi connectivity index (χ4n) is 11.8. The van der Waals surface area contributed by atoms with Crippen LogP contribution in [0.1, 0.15) is 123 Å². The van der Waals surface area contributed by atoms with Gasteiger partial charge in [-0.05, 0) is 96.1 Å². The highest BCUT2D eigenvalue weighted by Crippen LogP contribution is 2.26. The van der Waals surface area contributed by atoms with Crippen LogP contribution in [0.25, 0.3) is 0 Å². The average Bonchev–Trinajstić information content (AvgIpc) is 1.22. The molecule has 18 atom stereocenters. The molecule has 46 heteroatoms. The summed E-state index contributed by atoms with van der Waals surface area (Å²) in [7, 11) is 0. The van der Waals surface area contributed by atoms with E-state index in [1.54, 1.807) is 44.2 Å². The van der Waals surface area contributed by atoms with Gasteiger partial charge in [0.25, 0.3) is 0 Å². The Bertz CT molecular complexity index is 3530. The molecule has 0 spiro atoms. The number of aliphatic hydroxyl groups excluding tert-OH is 4. The summed E-state index contributed by atoms with van der Waals surface area (Å²) in [5.74, 6) is -19.9. The van der Waals surface area contributed by atoms with E-state index in [4.69, 9.17) is 32.4 Å². The summed E-state index contributed by atoms with van der Waals surface area (Å²) >= 11 is 0. The SMILES string of the molecule is CC[C@H](C)[C@H](NC(=O)CN)C(=O)N[C@@H](C)C(=O)NCC(=O)N[C@@H](Cc1ccccc1)C(=O)N[C@@H](CCC(CN)O[C@@H]1O[C@H](CO)[C@H](F)[C@H](O)[C@H]1O)C(=O)NCC(=O)N[C@@H](CCC(=O)O)C(=O)N[C@@H](CCC(N)=O)C(=O)NCC(=O)N1CCC[C@H]1C(=O)N[C@@H](CCCCN)C(=O)NCC(=O)N[C@@H](CCC(=O)O)C(=O)N[C@H](C(=O)O)[C@@H](C)O. The predicted molar refractivity (Wildman–Crippen MR) is 399 cm³/mol. The Morgan fingerprint density at radius 2 is 1.06 bits per heavy atom. The molecule has 1 aromatic rings.